The Morgan fingerprint density at radius 3 is 1.92 bits per heavy atom. The van der Waals surface area contributed by atoms with Crippen LogP contribution in [0.5, 0.6) is 0 Å². The van der Waals surface area contributed by atoms with Crippen molar-refractivity contribution in [2.24, 2.45) is 0 Å². The lowest BCUT2D eigenvalue weighted by atomic mass is 10.3. The van der Waals surface area contributed by atoms with Gasteiger partial charge in [0.2, 0.25) is 0 Å². The van der Waals surface area contributed by atoms with Gasteiger partial charge in [-0.2, -0.15) is 0 Å². The van der Waals surface area contributed by atoms with Crippen LogP contribution in [-0.2, 0) is 4.74 Å². The minimum atomic E-state index is 0.760. The largest absolute Gasteiger partial charge is 0.378 e. The second-order valence-corrected chi connectivity index (χ2v) is 6.72. The van der Waals surface area contributed by atoms with Crippen LogP contribution < -0.4 is 14.7 Å². The highest BCUT2D eigenvalue weighted by molar-refractivity contribution is 5.52. The van der Waals surface area contributed by atoms with Crippen LogP contribution in [0.25, 0.3) is 0 Å². The third-order valence-electron chi connectivity index (χ3n) is 4.85. The van der Waals surface area contributed by atoms with Crippen molar-refractivity contribution < 1.29 is 4.74 Å². The Bertz CT molecular complexity index is 735. The first kappa shape index (κ1) is 17.0. The molecule has 0 spiro atoms. The van der Waals surface area contributed by atoms with Gasteiger partial charge in [0.25, 0.3) is 0 Å². The topological polar surface area (TPSA) is 70.5 Å². The fourth-order valence-electron chi connectivity index (χ4n) is 3.50. The zero-order valence-electron chi connectivity index (χ0n) is 15.4. The van der Waals surface area contributed by atoms with E-state index in [1.807, 2.05) is 13.8 Å². The van der Waals surface area contributed by atoms with E-state index in [1.165, 1.54) is 0 Å². The summed E-state index contributed by atoms with van der Waals surface area (Å²) in [6.45, 7) is 10.9. The van der Waals surface area contributed by atoms with E-state index >= 15 is 0 Å². The number of morpholine rings is 1. The molecular formula is C18H25N7O. The van der Waals surface area contributed by atoms with E-state index < -0.39 is 0 Å². The molecule has 4 heterocycles. The number of piperazine rings is 1. The number of ether oxygens (including phenoxy) is 1. The summed E-state index contributed by atoms with van der Waals surface area (Å²) in [7, 11) is 0. The molecule has 0 unspecified atom stereocenters. The molecule has 2 aliphatic rings. The lowest BCUT2D eigenvalue weighted by molar-refractivity contribution is 0.122. The van der Waals surface area contributed by atoms with Gasteiger partial charge in [-0.1, -0.05) is 0 Å². The normalized spacial score (nSPS) is 18.3. The molecule has 2 aliphatic heterocycles. The third kappa shape index (κ3) is 3.70. The van der Waals surface area contributed by atoms with Crippen molar-refractivity contribution in [2.45, 2.75) is 13.8 Å². The summed E-state index contributed by atoms with van der Waals surface area (Å²) in [6, 6.07) is 4.16. The van der Waals surface area contributed by atoms with Crippen molar-refractivity contribution in [3.63, 3.8) is 0 Å². The maximum Gasteiger partial charge on any atom is 0.134 e. The summed E-state index contributed by atoms with van der Waals surface area (Å²) in [5, 5.41) is 0. The van der Waals surface area contributed by atoms with Crippen LogP contribution in [-0.4, -0.2) is 72.4 Å². The van der Waals surface area contributed by atoms with Crippen LogP contribution in [0.1, 0.15) is 11.5 Å². The fraction of sp³-hybridized carbons (Fsp3) is 0.556. The number of hydrogen-bond acceptors (Lipinski definition) is 8. The molecule has 2 aromatic heterocycles. The Morgan fingerprint density at radius 1 is 0.731 bits per heavy atom. The summed E-state index contributed by atoms with van der Waals surface area (Å²) in [6.07, 6.45) is 1.67. The SMILES string of the molecule is Cc1cc(N2CCN(c3cc(N4CCOCC4)ncn3)CC2)nc(C)n1. The van der Waals surface area contributed by atoms with E-state index in [2.05, 4.69) is 46.8 Å². The number of nitrogens with zero attached hydrogens (tertiary/aromatic N) is 7. The Labute approximate surface area is 153 Å². The number of aryl methyl sites for hydroxylation is 2. The van der Waals surface area contributed by atoms with E-state index in [9.17, 15) is 0 Å². The van der Waals surface area contributed by atoms with Gasteiger partial charge in [-0.25, -0.2) is 19.9 Å². The van der Waals surface area contributed by atoms with Crippen molar-refractivity contribution >= 4 is 17.5 Å². The third-order valence-corrected chi connectivity index (χ3v) is 4.85. The summed E-state index contributed by atoms with van der Waals surface area (Å²) in [5.41, 5.74) is 1.01. The first-order chi connectivity index (χ1) is 12.7. The Hall–Kier alpha value is -2.48. The van der Waals surface area contributed by atoms with E-state index in [-0.39, 0.29) is 0 Å². The Morgan fingerprint density at radius 2 is 1.31 bits per heavy atom. The summed E-state index contributed by atoms with van der Waals surface area (Å²) >= 11 is 0. The van der Waals surface area contributed by atoms with Crippen molar-refractivity contribution in [3.8, 4) is 0 Å². The molecule has 0 bridgehead atoms. The molecule has 0 atom stereocenters. The first-order valence-corrected chi connectivity index (χ1v) is 9.16. The standard InChI is InChI=1S/C18H25N7O/c1-14-11-18(22-15(2)21-14)24-5-3-23(4-6-24)16-12-17(20-13-19-16)25-7-9-26-10-8-25/h11-13H,3-10H2,1-2H3. The van der Waals surface area contributed by atoms with Crippen molar-refractivity contribution in [1.82, 2.24) is 19.9 Å². The molecule has 4 rings (SSSR count). The van der Waals surface area contributed by atoms with Gasteiger partial charge >= 0.3 is 0 Å². The maximum atomic E-state index is 5.43. The molecule has 0 saturated carbocycles. The van der Waals surface area contributed by atoms with Crippen LogP contribution in [0.4, 0.5) is 17.5 Å². The van der Waals surface area contributed by atoms with Gasteiger partial charge in [-0.15, -0.1) is 0 Å². The summed E-state index contributed by atoms with van der Waals surface area (Å²) in [5.74, 6) is 3.83. The van der Waals surface area contributed by atoms with Crippen LogP contribution in [0, 0.1) is 13.8 Å². The molecule has 2 saturated heterocycles. The molecule has 0 amide bonds. The van der Waals surface area contributed by atoms with Crippen LogP contribution in [0.3, 0.4) is 0 Å². The summed E-state index contributed by atoms with van der Waals surface area (Å²) < 4.78 is 5.43. The van der Waals surface area contributed by atoms with Crippen molar-refractivity contribution in [2.75, 3.05) is 67.2 Å². The minimum absolute atomic E-state index is 0.760. The molecule has 0 N–H and O–H groups in total. The van der Waals surface area contributed by atoms with Crippen molar-refractivity contribution in [1.29, 1.82) is 0 Å². The van der Waals surface area contributed by atoms with Crippen LogP contribution in [0.15, 0.2) is 18.5 Å². The molecule has 0 radical (unpaired) electrons. The fourth-order valence-corrected chi connectivity index (χ4v) is 3.50. The number of hydrogen-bond donors (Lipinski definition) is 0. The molecule has 8 nitrogen and oxygen atoms in total. The summed E-state index contributed by atoms with van der Waals surface area (Å²) in [4.78, 5) is 24.8. The molecule has 8 heteroatoms. The predicted octanol–water partition coefficient (Wildman–Crippen LogP) is 1.05. The van der Waals surface area contributed by atoms with Crippen LogP contribution >= 0.6 is 0 Å². The van der Waals surface area contributed by atoms with E-state index in [4.69, 9.17) is 4.74 Å². The number of rotatable bonds is 3. The maximum absolute atomic E-state index is 5.43. The lowest BCUT2D eigenvalue weighted by Gasteiger charge is -2.36. The second-order valence-electron chi connectivity index (χ2n) is 6.72. The van der Waals surface area contributed by atoms with Gasteiger partial charge in [0.05, 0.1) is 13.2 Å². The van der Waals surface area contributed by atoms with Gasteiger partial charge in [-0.05, 0) is 13.8 Å². The van der Waals surface area contributed by atoms with E-state index in [0.29, 0.717) is 0 Å². The monoisotopic (exact) mass is 355 g/mol. The molecule has 0 aliphatic carbocycles. The van der Waals surface area contributed by atoms with Gasteiger partial charge in [0.1, 0.15) is 29.6 Å². The van der Waals surface area contributed by atoms with Gasteiger partial charge < -0.3 is 19.4 Å². The van der Waals surface area contributed by atoms with Crippen molar-refractivity contribution in [3.05, 3.63) is 30.0 Å². The van der Waals surface area contributed by atoms with Crippen LogP contribution in [0.2, 0.25) is 0 Å². The average Bonchev–Trinajstić information content (AvgIpc) is 2.68. The Kier molecular flexibility index (Phi) is 4.83. The molecule has 2 aromatic rings. The average molecular weight is 355 g/mol. The highest BCUT2D eigenvalue weighted by Crippen LogP contribution is 2.21. The van der Waals surface area contributed by atoms with E-state index in [0.717, 1.165) is 81.5 Å². The smallest absolute Gasteiger partial charge is 0.134 e. The highest BCUT2D eigenvalue weighted by Gasteiger charge is 2.21. The molecule has 0 aromatic carbocycles. The second kappa shape index (κ2) is 7.41. The van der Waals surface area contributed by atoms with Gasteiger partial charge in [0.15, 0.2) is 0 Å². The quantitative estimate of drug-likeness (QED) is 0.809. The number of anilines is 3. The zero-order chi connectivity index (χ0) is 17.9. The number of aromatic nitrogens is 4. The molecule has 2 fully saturated rings. The Balaban J connectivity index is 1.43. The highest BCUT2D eigenvalue weighted by atomic mass is 16.5. The molecular weight excluding hydrogens is 330 g/mol. The molecule has 26 heavy (non-hydrogen) atoms. The lowest BCUT2D eigenvalue weighted by Crippen LogP contribution is -2.47. The predicted molar refractivity (Wildman–Crippen MR) is 101 cm³/mol. The first-order valence-electron chi connectivity index (χ1n) is 9.16. The van der Waals surface area contributed by atoms with E-state index in [1.54, 1.807) is 6.33 Å². The molecule has 138 valence electrons. The minimum Gasteiger partial charge on any atom is -0.378 e. The van der Waals surface area contributed by atoms with Gasteiger partial charge in [-0.3, -0.25) is 0 Å². The van der Waals surface area contributed by atoms with Gasteiger partial charge in [0, 0.05) is 57.1 Å². The zero-order valence-corrected chi connectivity index (χ0v) is 15.4.